The van der Waals surface area contributed by atoms with Crippen molar-refractivity contribution in [2.75, 3.05) is 17.3 Å². The van der Waals surface area contributed by atoms with Crippen molar-refractivity contribution in [3.05, 3.63) is 0 Å². The standard InChI is InChI=1S/C16H23N3O5S2/c20-12(17-11-4-2-1-3-5-11)8-25-16-18-14(21)13(15(22)19-16)10-6-7-26(23,24)9-10/h10-11,13H,1-9H2,(H,17,20)(H,18,19,21,22). The van der Waals surface area contributed by atoms with Crippen molar-refractivity contribution in [3.63, 3.8) is 0 Å². The van der Waals surface area contributed by atoms with Gasteiger partial charge >= 0.3 is 0 Å². The van der Waals surface area contributed by atoms with Crippen molar-refractivity contribution in [3.8, 4) is 0 Å². The summed E-state index contributed by atoms with van der Waals surface area (Å²) in [5, 5.41) is 5.61. The first kappa shape index (κ1) is 19.3. The van der Waals surface area contributed by atoms with E-state index in [9.17, 15) is 22.8 Å². The number of hydrogen-bond donors (Lipinski definition) is 2. The predicted molar refractivity (Wildman–Crippen MR) is 98.3 cm³/mol. The van der Waals surface area contributed by atoms with Gasteiger partial charge in [0.2, 0.25) is 11.8 Å². The molecule has 0 spiro atoms. The largest absolute Gasteiger partial charge is 0.353 e. The van der Waals surface area contributed by atoms with Crippen molar-refractivity contribution in [1.82, 2.24) is 10.6 Å². The van der Waals surface area contributed by atoms with Crippen LogP contribution in [0.3, 0.4) is 0 Å². The van der Waals surface area contributed by atoms with E-state index in [1.54, 1.807) is 0 Å². The average molecular weight is 402 g/mol. The van der Waals surface area contributed by atoms with E-state index in [2.05, 4.69) is 15.6 Å². The summed E-state index contributed by atoms with van der Waals surface area (Å²) in [4.78, 5) is 40.3. The molecule has 26 heavy (non-hydrogen) atoms. The lowest BCUT2D eigenvalue weighted by atomic mass is 9.90. The normalized spacial score (nSPS) is 29.2. The Bertz CT molecular complexity index is 728. The lowest BCUT2D eigenvalue weighted by Crippen LogP contribution is -2.46. The smallest absolute Gasteiger partial charge is 0.260 e. The van der Waals surface area contributed by atoms with Gasteiger partial charge in [0.05, 0.1) is 17.3 Å². The van der Waals surface area contributed by atoms with E-state index >= 15 is 0 Å². The molecule has 2 aliphatic heterocycles. The minimum absolute atomic E-state index is 0.00138. The van der Waals surface area contributed by atoms with Gasteiger partial charge in [-0.05, 0) is 25.2 Å². The maximum absolute atomic E-state index is 12.3. The molecule has 1 saturated heterocycles. The fraction of sp³-hybridized carbons (Fsp3) is 0.750. The first-order chi connectivity index (χ1) is 12.3. The Labute approximate surface area is 156 Å². The number of sulfone groups is 1. The molecule has 1 aliphatic carbocycles. The van der Waals surface area contributed by atoms with Crippen molar-refractivity contribution >= 4 is 44.5 Å². The Morgan fingerprint density at radius 2 is 1.92 bits per heavy atom. The van der Waals surface area contributed by atoms with Crippen molar-refractivity contribution in [2.24, 2.45) is 16.8 Å². The summed E-state index contributed by atoms with van der Waals surface area (Å²) in [5.74, 6) is -2.93. The molecule has 8 nitrogen and oxygen atoms in total. The van der Waals surface area contributed by atoms with E-state index in [4.69, 9.17) is 0 Å². The number of nitrogens with one attached hydrogen (secondary N) is 2. The highest BCUT2D eigenvalue weighted by atomic mass is 32.2. The molecule has 0 bridgehead atoms. The molecule has 2 unspecified atom stereocenters. The van der Waals surface area contributed by atoms with Gasteiger partial charge < -0.3 is 10.6 Å². The van der Waals surface area contributed by atoms with Crippen molar-refractivity contribution in [1.29, 1.82) is 0 Å². The van der Waals surface area contributed by atoms with Crippen molar-refractivity contribution in [2.45, 2.75) is 44.6 Å². The molecule has 0 aromatic rings. The number of thioether (sulfide) groups is 1. The molecular weight excluding hydrogens is 378 g/mol. The zero-order valence-corrected chi connectivity index (χ0v) is 16.0. The van der Waals surface area contributed by atoms with Crippen LogP contribution in [0.1, 0.15) is 38.5 Å². The molecular formula is C16H23N3O5S2. The lowest BCUT2D eigenvalue weighted by molar-refractivity contribution is -0.135. The van der Waals surface area contributed by atoms with Gasteiger partial charge in [-0.25, -0.2) is 8.42 Å². The van der Waals surface area contributed by atoms with Crippen LogP contribution in [-0.2, 0) is 24.2 Å². The number of amides is 3. The number of nitrogens with zero attached hydrogens (tertiary/aromatic N) is 1. The van der Waals surface area contributed by atoms with Gasteiger partial charge in [-0.2, -0.15) is 4.99 Å². The minimum Gasteiger partial charge on any atom is -0.353 e. The summed E-state index contributed by atoms with van der Waals surface area (Å²) >= 11 is 1.01. The molecule has 0 aromatic carbocycles. The van der Waals surface area contributed by atoms with Crippen LogP contribution in [-0.4, -0.2) is 54.6 Å². The summed E-state index contributed by atoms with van der Waals surface area (Å²) < 4.78 is 23.1. The van der Waals surface area contributed by atoms with E-state index in [1.165, 1.54) is 6.42 Å². The maximum atomic E-state index is 12.3. The minimum atomic E-state index is -3.18. The third-order valence-electron chi connectivity index (χ3n) is 5.04. The van der Waals surface area contributed by atoms with Crippen LogP contribution in [0.4, 0.5) is 0 Å². The second-order valence-electron chi connectivity index (χ2n) is 7.08. The SMILES string of the molecule is O=C(CSC1=NC(=O)C(C2CCS(=O)(=O)C2)C(=O)N1)NC1CCCCC1. The Morgan fingerprint density at radius 3 is 2.54 bits per heavy atom. The first-order valence-corrected chi connectivity index (χ1v) is 11.7. The molecule has 2 heterocycles. The van der Waals surface area contributed by atoms with E-state index in [1.807, 2.05) is 0 Å². The molecule has 3 aliphatic rings. The zero-order valence-electron chi connectivity index (χ0n) is 14.4. The number of carbonyl (C=O) groups is 3. The molecule has 2 atom stereocenters. The highest BCUT2D eigenvalue weighted by Gasteiger charge is 2.43. The van der Waals surface area contributed by atoms with Crippen LogP contribution in [0.15, 0.2) is 4.99 Å². The molecule has 0 radical (unpaired) electrons. The third-order valence-corrected chi connectivity index (χ3v) is 7.71. The van der Waals surface area contributed by atoms with Gasteiger partial charge in [0.25, 0.3) is 5.91 Å². The van der Waals surface area contributed by atoms with Crippen LogP contribution < -0.4 is 10.6 Å². The second-order valence-corrected chi connectivity index (χ2v) is 10.3. The van der Waals surface area contributed by atoms with Crippen LogP contribution in [0.25, 0.3) is 0 Å². The molecule has 1 saturated carbocycles. The van der Waals surface area contributed by atoms with Crippen LogP contribution in [0.2, 0.25) is 0 Å². The highest BCUT2D eigenvalue weighted by Crippen LogP contribution is 2.29. The van der Waals surface area contributed by atoms with Gasteiger partial charge in [-0.3, -0.25) is 14.4 Å². The van der Waals surface area contributed by atoms with E-state index in [-0.39, 0.29) is 34.4 Å². The fourth-order valence-electron chi connectivity index (χ4n) is 3.71. The Morgan fingerprint density at radius 1 is 1.19 bits per heavy atom. The second kappa shape index (κ2) is 8.08. The monoisotopic (exact) mass is 401 g/mol. The summed E-state index contributed by atoms with van der Waals surface area (Å²) in [5.41, 5.74) is 0. The van der Waals surface area contributed by atoms with Crippen LogP contribution in [0, 0.1) is 11.8 Å². The lowest BCUT2D eigenvalue weighted by Gasteiger charge is -2.24. The van der Waals surface area contributed by atoms with Gasteiger partial charge in [-0.15, -0.1) is 0 Å². The summed E-state index contributed by atoms with van der Waals surface area (Å²) in [6.07, 6.45) is 5.71. The molecule has 144 valence electrons. The van der Waals surface area contributed by atoms with Gasteiger partial charge in [-0.1, -0.05) is 31.0 Å². The topological polar surface area (TPSA) is 122 Å². The molecule has 3 rings (SSSR count). The predicted octanol–water partition coefficient (Wildman–Crippen LogP) is 0.232. The fourth-order valence-corrected chi connectivity index (χ4v) is 6.23. The van der Waals surface area contributed by atoms with E-state index < -0.39 is 33.5 Å². The van der Waals surface area contributed by atoms with Gasteiger partial charge in [0.1, 0.15) is 5.92 Å². The quantitative estimate of drug-likeness (QED) is 0.651. The Kier molecular flexibility index (Phi) is 6.01. The van der Waals surface area contributed by atoms with Crippen LogP contribution >= 0.6 is 11.8 Å². The maximum Gasteiger partial charge on any atom is 0.260 e. The first-order valence-electron chi connectivity index (χ1n) is 8.90. The van der Waals surface area contributed by atoms with Gasteiger partial charge in [0, 0.05) is 6.04 Å². The van der Waals surface area contributed by atoms with E-state index in [0.29, 0.717) is 6.42 Å². The number of rotatable bonds is 4. The van der Waals surface area contributed by atoms with E-state index in [0.717, 1.165) is 37.4 Å². The number of aliphatic imine (C=N–C) groups is 1. The van der Waals surface area contributed by atoms with Crippen molar-refractivity contribution < 1.29 is 22.8 Å². The summed E-state index contributed by atoms with van der Waals surface area (Å²) in [6.45, 7) is 0. The number of carbonyl (C=O) groups excluding carboxylic acids is 3. The average Bonchev–Trinajstić information content (AvgIpc) is 2.93. The molecule has 0 aromatic heterocycles. The van der Waals surface area contributed by atoms with Crippen LogP contribution in [0.5, 0.6) is 0 Å². The molecule has 3 amide bonds. The molecule has 2 fully saturated rings. The molecule has 2 N–H and O–H groups in total. The summed E-state index contributed by atoms with van der Waals surface area (Å²) in [7, 11) is -3.18. The van der Waals surface area contributed by atoms with Gasteiger partial charge in [0.15, 0.2) is 15.0 Å². The summed E-state index contributed by atoms with van der Waals surface area (Å²) in [6, 6.07) is 0.204. The number of amidine groups is 1. The number of hydrogen-bond acceptors (Lipinski definition) is 6. The third kappa shape index (κ3) is 4.85. The molecule has 10 heteroatoms. The Balaban J connectivity index is 1.52. The zero-order chi connectivity index (χ0) is 18.7. The highest BCUT2D eigenvalue weighted by molar-refractivity contribution is 8.14. The Hall–Kier alpha value is -1.42.